The van der Waals surface area contributed by atoms with Crippen molar-refractivity contribution < 1.29 is 0 Å². The van der Waals surface area contributed by atoms with Crippen molar-refractivity contribution in [1.29, 1.82) is 0 Å². The number of rotatable bonds is 2. The molecular weight excluding hydrogens is 248 g/mol. The van der Waals surface area contributed by atoms with Crippen LogP contribution in [-0.2, 0) is 6.42 Å². The number of nitrogens with zero attached hydrogens (tertiary/aromatic N) is 3. The monoisotopic (exact) mass is 262 g/mol. The SMILES string of the molecule is CCc1ccc2ncc(-c3ccc4[nH]ccc4c3)n2n1. The second-order valence-electron chi connectivity index (χ2n) is 4.87. The lowest BCUT2D eigenvalue weighted by Gasteiger charge is -2.03. The minimum Gasteiger partial charge on any atom is -0.361 e. The first-order valence-corrected chi connectivity index (χ1v) is 6.76. The molecule has 20 heavy (non-hydrogen) atoms. The van der Waals surface area contributed by atoms with Crippen LogP contribution in [0.25, 0.3) is 27.8 Å². The van der Waals surface area contributed by atoms with Gasteiger partial charge in [-0.15, -0.1) is 0 Å². The first-order chi connectivity index (χ1) is 9.85. The predicted molar refractivity (Wildman–Crippen MR) is 79.7 cm³/mol. The average molecular weight is 262 g/mol. The van der Waals surface area contributed by atoms with Gasteiger partial charge >= 0.3 is 0 Å². The van der Waals surface area contributed by atoms with Gasteiger partial charge in [0, 0.05) is 22.7 Å². The van der Waals surface area contributed by atoms with Gasteiger partial charge in [0.25, 0.3) is 0 Å². The summed E-state index contributed by atoms with van der Waals surface area (Å²) in [5, 5.41) is 5.84. The van der Waals surface area contributed by atoms with E-state index in [9.17, 15) is 0 Å². The van der Waals surface area contributed by atoms with Crippen molar-refractivity contribution in [2.75, 3.05) is 0 Å². The van der Waals surface area contributed by atoms with Crippen molar-refractivity contribution in [2.45, 2.75) is 13.3 Å². The predicted octanol–water partition coefficient (Wildman–Crippen LogP) is 3.44. The third kappa shape index (κ3) is 1.61. The lowest BCUT2D eigenvalue weighted by atomic mass is 10.1. The quantitative estimate of drug-likeness (QED) is 0.601. The second-order valence-corrected chi connectivity index (χ2v) is 4.87. The number of imidazole rings is 1. The first-order valence-electron chi connectivity index (χ1n) is 6.76. The zero-order chi connectivity index (χ0) is 13.5. The Labute approximate surface area is 116 Å². The Morgan fingerprint density at radius 3 is 3.00 bits per heavy atom. The van der Waals surface area contributed by atoms with E-state index in [2.05, 4.69) is 46.3 Å². The molecule has 98 valence electrons. The maximum Gasteiger partial charge on any atom is 0.154 e. The number of benzene rings is 1. The van der Waals surface area contributed by atoms with Gasteiger partial charge in [-0.2, -0.15) is 5.10 Å². The molecule has 0 bridgehead atoms. The van der Waals surface area contributed by atoms with Crippen LogP contribution in [0.1, 0.15) is 12.6 Å². The smallest absolute Gasteiger partial charge is 0.154 e. The van der Waals surface area contributed by atoms with Crippen molar-refractivity contribution in [3.8, 4) is 11.3 Å². The van der Waals surface area contributed by atoms with Crippen LogP contribution in [-0.4, -0.2) is 19.6 Å². The molecule has 0 aliphatic carbocycles. The Balaban J connectivity index is 1.96. The van der Waals surface area contributed by atoms with E-state index in [-0.39, 0.29) is 0 Å². The Hall–Kier alpha value is -2.62. The van der Waals surface area contributed by atoms with Gasteiger partial charge in [-0.25, -0.2) is 9.50 Å². The summed E-state index contributed by atoms with van der Waals surface area (Å²) in [4.78, 5) is 7.64. The molecule has 4 aromatic rings. The van der Waals surface area contributed by atoms with E-state index in [1.165, 1.54) is 5.39 Å². The van der Waals surface area contributed by atoms with Crippen LogP contribution in [0.2, 0.25) is 0 Å². The summed E-state index contributed by atoms with van der Waals surface area (Å²) in [6, 6.07) is 12.5. The zero-order valence-electron chi connectivity index (χ0n) is 11.2. The highest BCUT2D eigenvalue weighted by molar-refractivity contribution is 5.84. The summed E-state index contributed by atoms with van der Waals surface area (Å²) >= 11 is 0. The van der Waals surface area contributed by atoms with Gasteiger partial charge in [-0.05, 0) is 36.8 Å². The van der Waals surface area contributed by atoms with Gasteiger partial charge in [0.1, 0.15) is 0 Å². The van der Waals surface area contributed by atoms with E-state index in [1.807, 2.05) is 29.0 Å². The van der Waals surface area contributed by atoms with Crippen LogP contribution in [0.15, 0.2) is 48.8 Å². The number of H-pyrrole nitrogens is 1. The first kappa shape index (κ1) is 11.2. The van der Waals surface area contributed by atoms with Crippen LogP contribution in [0.4, 0.5) is 0 Å². The van der Waals surface area contributed by atoms with Crippen molar-refractivity contribution in [3.63, 3.8) is 0 Å². The van der Waals surface area contributed by atoms with E-state index in [1.54, 1.807) is 0 Å². The minimum atomic E-state index is 0.881. The average Bonchev–Trinajstić information content (AvgIpc) is 3.11. The summed E-state index contributed by atoms with van der Waals surface area (Å²) in [6.07, 6.45) is 4.76. The fourth-order valence-electron chi connectivity index (χ4n) is 2.51. The van der Waals surface area contributed by atoms with Crippen molar-refractivity contribution in [1.82, 2.24) is 19.6 Å². The fourth-order valence-corrected chi connectivity index (χ4v) is 2.51. The molecule has 4 nitrogen and oxygen atoms in total. The maximum atomic E-state index is 4.64. The molecule has 0 atom stereocenters. The van der Waals surface area contributed by atoms with Crippen LogP contribution in [0.5, 0.6) is 0 Å². The lowest BCUT2D eigenvalue weighted by molar-refractivity contribution is 0.867. The Bertz CT molecular complexity index is 901. The minimum absolute atomic E-state index is 0.881. The molecule has 0 amide bonds. The second kappa shape index (κ2) is 4.20. The normalized spacial score (nSPS) is 11.4. The van der Waals surface area contributed by atoms with Crippen LogP contribution < -0.4 is 0 Å². The Kier molecular flexibility index (Phi) is 2.36. The standard InChI is InChI=1S/C16H14N4/c1-2-13-4-6-16-18-10-15(20(16)19-13)12-3-5-14-11(9-12)7-8-17-14/h3-10,17H,2H2,1H3. The molecule has 4 rings (SSSR count). The summed E-state index contributed by atoms with van der Waals surface area (Å²) < 4.78 is 1.92. The lowest BCUT2D eigenvalue weighted by Crippen LogP contribution is -1.98. The van der Waals surface area contributed by atoms with Crippen LogP contribution in [0, 0.1) is 0 Å². The van der Waals surface area contributed by atoms with Gasteiger partial charge in [0.15, 0.2) is 5.65 Å². The number of fused-ring (bicyclic) bond motifs is 2. The van der Waals surface area contributed by atoms with Gasteiger partial charge < -0.3 is 4.98 Å². The summed E-state index contributed by atoms with van der Waals surface area (Å²) in [5.74, 6) is 0. The molecule has 0 saturated carbocycles. The Morgan fingerprint density at radius 2 is 2.10 bits per heavy atom. The summed E-state index contributed by atoms with van der Waals surface area (Å²) in [7, 11) is 0. The number of nitrogens with one attached hydrogen (secondary N) is 1. The van der Waals surface area contributed by atoms with Crippen molar-refractivity contribution in [3.05, 3.63) is 54.5 Å². The molecule has 3 aromatic heterocycles. The van der Waals surface area contributed by atoms with Crippen LogP contribution in [0.3, 0.4) is 0 Å². The highest BCUT2D eigenvalue weighted by Gasteiger charge is 2.08. The van der Waals surface area contributed by atoms with Crippen LogP contribution >= 0.6 is 0 Å². The Morgan fingerprint density at radius 1 is 1.15 bits per heavy atom. The van der Waals surface area contributed by atoms with Gasteiger partial charge in [-0.3, -0.25) is 0 Å². The summed E-state index contributed by atoms with van der Waals surface area (Å²) in [5.41, 5.74) is 5.25. The molecule has 1 N–H and O–H groups in total. The summed E-state index contributed by atoms with van der Waals surface area (Å²) in [6.45, 7) is 2.11. The maximum absolute atomic E-state index is 4.64. The highest BCUT2D eigenvalue weighted by Crippen LogP contribution is 2.24. The van der Waals surface area contributed by atoms with E-state index in [4.69, 9.17) is 0 Å². The third-order valence-corrected chi connectivity index (χ3v) is 3.63. The molecule has 0 aliphatic heterocycles. The molecule has 1 aromatic carbocycles. The molecule has 4 heteroatoms. The molecule has 0 unspecified atom stereocenters. The molecule has 0 aliphatic rings. The highest BCUT2D eigenvalue weighted by atomic mass is 15.3. The van der Waals surface area contributed by atoms with Gasteiger partial charge in [-0.1, -0.05) is 13.0 Å². The van der Waals surface area contributed by atoms with Gasteiger partial charge in [0.2, 0.25) is 0 Å². The van der Waals surface area contributed by atoms with E-state index < -0.39 is 0 Å². The largest absolute Gasteiger partial charge is 0.361 e. The topological polar surface area (TPSA) is 46.0 Å². The van der Waals surface area contributed by atoms with E-state index in [0.29, 0.717) is 0 Å². The third-order valence-electron chi connectivity index (χ3n) is 3.63. The molecule has 0 fully saturated rings. The number of aromatic nitrogens is 4. The molecule has 3 heterocycles. The molecule has 0 spiro atoms. The zero-order valence-corrected chi connectivity index (χ0v) is 11.2. The molecule has 0 saturated heterocycles. The number of hydrogen-bond donors (Lipinski definition) is 1. The number of aromatic amines is 1. The molecular formula is C16H14N4. The van der Waals surface area contributed by atoms with Gasteiger partial charge in [0.05, 0.1) is 17.6 Å². The number of hydrogen-bond acceptors (Lipinski definition) is 2. The number of aryl methyl sites for hydroxylation is 1. The van der Waals surface area contributed by atoms with Crippen molar-refractivity contribution in [2.24, 2.45) is 0 Å². The van der Waals surface area contributed by atoms with E-state index >= 15 is 0 Å². The van der Waals surface area contributed by atoms with Crippen molar-refractivity contribution >= 4 is 16.6 Å². The van der Waals surface area contributed by atoms with E-state index in [0.717, 1.165) is 34.5 Å². The molecule has 0 radical (unpaired) electrons. The fraction of sp³-hybridized carbons (Fsp3) is 0.125.